The van der Waals surface area contributed by atoms with Gasteiger partial charge in [-0.05, 0) is 143 Å². The van der Waals surface area contributed by atoms with Crippen LogP contribution in [0, 0.1) is 12.8 Å². The predicted molar refractivity (Wildman–Crippen MR) is 487 cm³/mol. The summed E-state index contributed by atoms with van der Waals surface area (Å²) in [6.07, 6.45) is 32.9. The number of benzene rings is 6. The Hall–Kier alpha value is -15.1. The van der Waals surface area contributed by atoms with Gasteiger partial charge in [-0.15, -0.1) is 0 Å². The lowest BCUT2D eigenvalue weighted by atomic mass is 9.75. The number of hydrogen-bond acceptors (Lipinski definition) is 19. The molecule has 24 rings (SSSR count). The molecule has 0 amide bonds. The number of pyridine rings is 6. The summed E-state index contributed by atoms with van der Waals surface area (Å²) >= 11 is 0. The van der Waals surface area contributed by atoms with Crippen LogP contribution in [0.5, 0.6) is 0 Å². The molecule has 4 aliphatic rings. The van der Waals surface area contributed by atoms with Crippen LogP contribution in [0.3, 0.4) is 0 Å². The first-order chi connectivity index (χ1) is 60.4. The molecule has 23 heteroatoms. The number of aliphatic hydroxyl groups excluding tert-OH is 1. The summed E-state index contributed by atoms with van der Waals surface area (Å²) in [5.74, 6) is 8.37. The molecule has 4 fully saturated rings. The minimum atomic E-state index is 0.233. The van der Waals surface area contributed by atoms with Gasteiger partial charge in [0.15, 0.2) is 0 Å². The zero-order valence-electron chi connectivity index (χ0n) is 67.7. The van der Waals surface area contributed by atoms with Gasteiger partial charge < -0.3 is 28.0 Å². The van der Waals surface area contributed by atoms with E-state index in [-0.39, 0.29) is 6.61 Å². The van der Waals surface area contributed by atoms with Gasteiger partial charge in [0.05, 0.1) is 50.5 Å². The van der Waals surface area contributed by atoms with Crippen LogP contribution in [0.2, 0.25) is 0 Å². The third-order valence-corrected chi connectivity index (χ3v) is 24.9. The van der Waals surface area contributed by atoms with E-state index in [0.717, 1.165) is 192 Å². The summed E-state index contributed by atoms with van der Waals surface area (Å²) in [6, 6.07) is 70.0. The van der Waals surface area contributed by atoms with Crippen molar-refractivity contribution in [2.75, 3.05) is 29.5 Å². The molecule has 4 saturated carbocycles. The first-order valence-electron chi connectivity index (χ1n) is 42.1. The quantitative estimate of drug-likeness (QED) is 0.0716. The first-order valence-corrected chi connectivity index (χ1v) is 42.1. The standard InChI is InChI=1S/C26H23N5O.C26H23N5.2C24H20N6/c27-25-24-23(30-26(31(24)11-10-28-25)20-12-16(13-20)15-32)19-7-6-18-8-9-21(29-22(18)14-19)17-4-2-1-3-5-17;1-16-14-21(17-6-3-2-4-7-17)29-22-15-19(10-11-20(16)22)23-24-25(27)28-12-13-31(24)26(30-23)18-8-5-9-18;25-23-22-21(29-24(16-4-3-5-16)30(22)13-12-27-23)17-8-7-15-9-10-19(28-20(15)14-17)18-6-1-2-11-26-18;25-23-22-21(29-24(17-2-1-3-17)30(22)13-12-27-23)18-5-4-15-6-7-19(28-20(15)14-18)16-8-10-26-11-9-16/h1-11,14,16,20,32H,12-13,15H2,(H2,27,28);2-4,6-7,10-15,18H,5,8-9H2,1H3,(H2,27,28);1-2,6-14,16H,3-5H2,(H2,25,27);4-14,17H,1-3H2,(H2,25,27). The molecule has 0 aliphatic heterocycles. The highest BCUT2D eigenvalue weighted by atomic mass is 16.3. The molecule has 0 radical (unpaired) electrons. The summed E-state index contributed by atoms with van der Waals surface area (Å²) in [5, 5.41) is 13.8. The largest absolute Gasteiger partial charge is 0.396 e. The molecule has 9 N–H and O–H groups in total. The number of imidazole rings is 4. The van der Waals surface area contributed by atoms with Crippen molar-refractivity contribution in [1.29, 1.82) is 0 Å². The van der Waals surface area contributed by atoms with Gasteiger partial charge in [0, 0.05) is 159 Å². The molecule has 6 aromatic carbocycles. The maximum absolute atomic E-state index is 9.43. The van der Waals surface area contributed by atoms with E-state index in [4.69, 9.17) is 62.8 Å². The molecule has 0 saturated heterocycles. The Labute approximate surface area is 707 Å². The number of hydrogen-bond donors (Lipinski definition) is 5. The van der Waals surface area contributed by atoms with Crippen molar-refractivity contribution in [3.8, 4) is 90.2 Å². The molecule has 602 valence electrons. The number of nitrogens with zero attached hydrogens (tertiary/aromatic N) is 18. The highest BCUT2D eigenvalue weighted by Crippen LogP contribution is 2.46. The Morgan fingerprint density at radius 1 is 0.309 bits per heavy atom. The van der Waals surface area contributed by atoms with Gasteiger partial charge in [0.2, 0.25) is 0 Å². The molecule has 20 aromatic rings. The van der Waals surface area contributed by atoms with Gasteiger partial charge >= 0.3 is 0 Å². The Bertz CT molecular complexity index is 7180. The Balaban J connectivity index is 0.000000101. The molecule has 0 unspecified atom stereocenters. The second-order valence-corrected chi connectivity index (χ2v) is 32.6. The maximum Gasteiger partial charge on any atom is 0.150 e. The van der Waals surface area contributed by atoms with E-state index in [0.29, 0.717) is 52.9 Å². The Morgan fingerprint density at radius 2 is 0.667 bits per heavy atom. The van der Waals surface area contributed by atoms with E-state index in [1.807, 2.05) is 104 Å². The molecule has 23 nitrogen and oxygen atoms in total. The SMILES string of the molecule is Cc1cc(-c2ccccc2)nc2cc(-c3nc(C4CCC4)n4ccnc(N)c34)ccc12.Nc1nccn2c(C3CC(CO)C3)nc(-c3ccc4ccc(-c5ccccc5)nc4c3)c12.Nc1nccn2c(C3CCC3)nc(-c3ccc4ccc(-c5ccccn5)nc4c3)c12.Nc1nccn2c(C3CCC3)nc(-c3ccc4ccc(-c5ccncc5)nc4c3)c12. The summed E-state index contributed by atoms with van der Waals surface area (Å²) in [6.45, 7) is 2.37. The first kappa shape index (κ1) is 75.4. The van der Waals surface area contributed by atoms with E-state index in [1.165, 1.54) is 63.4 Å². The lowest BCUT2D eigenvalue weighted by Gasteiger charge is -2.32. The van der Waals surface area contributed by atoms with Crippen LogP contribution >= 0.6 is 0 Å². The number of nitrogen functional groups attached to an aromatic ring is 4. The van der Waals surface area contributed by atoms with E-state index in [1.54, 1.807) is 43.4 Å². The smallest absolute Gasteiger partial charge is 0.150 e. The summed E-state index contributed by atoms with van der Waals surface area (Å²) in [7, 11) is 0. The summed E-state index contributed by atoms with van der Waals surface area (Å²) in [5.41, 5.74) is 48.8. The van der Waals surface area contributed by atoms with Crippen LogP contribution in [0.15, 0.2) is 274 Å². The van der Waals surface area contributed by atoms with E-state index < -0.39 is 0 Å². The van der Waals surface area contributed by atoms with Crippen LogP contribution in [-0.2, 0) is 0 Å². The third-order valence-electron chi connectivity index (χ3n) is 24.9. The third kappa shape index (κ3) is 14.2. The number of aromatic nitrogens is 18. The molecule has 14 aromatic heterocycles. The topological polar surface area (TPSA) is 322 Å². The maximum atomic E-state index is 9.43. The van der Waals surface area contributed by atoms with E-state index >= 15 is 0 Å². The van der Waals surface area contributed by atoms with Gasteiger partial charge in [0.1, 0.15) is 91.4 Å². The van der Waals surface area contributed by atoms with Gasteiger partial charge in [-0.25, -0.2) is 59.8 Å². The minimum absolute atomic E-state index is 0.233. The zero-order chi connectivity index (χ0) is 82.8. The molecular weight excluding hydrogens is 1530 g/mol. The predicted octanol–water partition coefficient (Wildman–Crippen LogP) is 20.2. The monoisotopic (exact) mass is 1610 g/mol. The fourth-order valence-electron chi connectivity index (χ4n) is 17.6. The Morgan fingerprint density at radius 3 is 1.07 bits per heavy atom. The van der Waals surface area contributed by atoms with Crippen molar-refractivity contribution in [2.24, 2.45) is 5.92 Å². The van der Waals surface area contributed by atoms with Gasteiger partial charge in [-0.3, -0.25) is 27.6 Å². The zero-order valence-corrected chi connectivity index (χ0v) is 67.7. The molecule has 0 spiro atoms. The molecule has 0 atom stereocenters. The van der Waals surface area contributed by atoms with Crippen molar-refractivity contribution < 1.29 is 5.11 Å². The second kappa shape index (κ2) is 31.9. The van der Waals surface area contributed by atoms with Crippen molar-refractivity contribution in [1.82, 2.24) is 87.4 Å². The second-order valence-electron chi connectivity index (χ2n) is 32.6. The number of fused-ring (bicyclic) bond motifs is 8. The number of rotatable bonds is 13. The Kier molecular flexibility index (Phi) is 19.5. The molecular formula is C100H86N22O. The normalized spacial score (nSPS) is 15.3. The number of anilines is 4. The fourth-order valence-corrected chi connectivity index (χ4v) is 17.6. The summed E-state index contributed by atoms with van der Waals surface area (Å²) in [4.78, 5) is 65.6. The van der Waals surface area contributed by atoms with Crippen molar-refractivity contribution in [3.05, 3.63) is 303 Å². The van der Waals surface area contributed by atoms with Gasteiger partial charge in [-0.2, -0.15) is 0 Å². The summed E-state index contributed by atoms with van der Waals surface area (Å²) < 4.78 is 8.43. The van der Waals surface area contributed by atoms with Crippen LogP contribution < -0.4 is 22.9 Å². The van der Waals surface area contributed by atoms with Gasteiger partial charge in [0.25, 0.3) is 0 Å². The molecule has 4 aliphatic carbocycles. The highest BCUT2D eigenvalue weighted by molar-refractivity contribution is 5.97. The lowest BCUT2D eigenvalue weighted by molar-refractivity contribution is 0.138. The van der Waals surface area contributed by atoms with Crippen LogP contribution in [0.1, 0.15) is 123 Å². The van der Waals surface area contributed by atoms with Gasteiger partial charge in [-0.1, -0.05) is 153 Å². The molecule has 14 heterocycles. The van der Waals surface area contributed by atoms with E-state index in [2.05, 4.69) is 182 Å². The highest BCUT2D eigenvalue weighted by Gasteiger charge is 2.35. The number of nitrogens with two attached hydrogens (primary N) is 4. The number of aryl methyl sites for hydroxylation is 1. The fraction of sp³-hybridized carbons (Fsp3) is 0.180. The van der Waals surface area contributed by atoms with Crippen LogP contribution in [-0.4, -0.2) is 99.1 Å². The van der Waals surface area contributed by atoms with Crippen LogP contribution in [0.25, 0.3) is 156 Å². The van der Waals surface area contributed by atoms with Crippen molar-refractivity contribution in [2.45, 2.75) is 101 Å². The molecule has 0 bridgehead atoms. The average Bonchev–Trinajstić information content (AvgIpc) is 1.63. The van der Waals surface area contributed by atoms with E-state index in [9.17, 15) is 5.11 Å². The minimum Gasteiger partial charge on any atom is -0.396 e. The lowest BCUT2D eigenvalue weighted by Crippen LogP contribution is -2.26. The number of aliphatic hydroxyl groups is 1. The molecule has 123 heavy (non-hydrogen) atoms. The van der Waals surface area contributed by atoms with Crippen LogP contribution in [0.4, 0.5) is 23.3 Å². The average molecular weight is 1610 g/mol. The van der Waals surface area contributed by atoms with Crippen molar-refractivity contribution >= 4 is 88.9 Å². The van der Waals surface area contributed by atoms with Crippen molar-refractivity contribution in [3.63, 3.8) is 0 Å².